The summed E-state index contributed by atoms with van der Waals surface area (Å²) in [6, 6.07) is 3.89. The van der Waals surface area contributed by atoms with Gasteiger partial charge < -0.3 is 14.7 Å². The van der Waals surface area contributed by atoms with E-state index in [2.05, 4.69) is 22.9 Å². The zero-order valence-electron chi connectivity index (χ0n) is 15.8. The lowest BCUT2D eigenvalue weighted by Gasteiger charge is -2.44. The predicted molar refractivity (Wildman–Crippen MR) is 105 cm³/mol. The number of rotatable bonds is 4. The summed E-state index contributed by atoms with van der Waals surface area (Å²) in [5.41, 5.74) is 1.82. The molecule has 27 heavy (non-hydrogen) atoms. The summed E-state index contributed by atoms with van der Waals surface area (Å²) in [7, 11) is 0. The van der Waals surface area contributed by atoms with Crippen molar-refractivity contribution in [1.29, 1.82) is 0 Å². The van der Waals surface area contributed by atoms with E-state index < -0.39 is 5.97 Å². The van der Waals surface area contributed by atoms with E-state index in [1.54, 1.807) is 0 Å². The summed E-state index contributed by atoms with van der Waals surface area (Å²) >= 11 is 1.39. The Morgan fingerprint density at radius 2 is 2.11 bits per heavy atom. The Bertz CT molecular complexity index is 856. The highest BCUT2D eigenvalue weighted by atomic mass is 32.1. The van der Waals surface area contributed by atoms with Crippen molar-refractivity contribution < 1.29 is 14.6 Å². The number of carboxylic acids is 1. The van der Waals surface area contributed by atoms with Crippen LogP contribution in [0.3, 0.4) is 0 Å². The summed E-state index contributed by atoms with van der Waals surface area (Å²) in [4.78, 5) is 24.5. The molecule has 1 saturated heterocycles. The van der Waals surface area contributed by atoms with E-state index in [0.29, 0.717) is 11.5 Å². The van der Waals surface area contributed by atoms with E-state index >= 15 is 0 Å². The second-order valence-corrected chi connectivity index (χ2v) is 8.44. The first-order chi connectivity index (χ1) is 13.0. The van der Waals surface area contributed by atoms with Gasteiger partial charge >= 0.3 is 5.97 Å². The van der Waals surface area contributed by atoms with E-state index in [-0.39, 0.29) is 5.60 Å². The maximum Gasteiger partial charge on any atom is 0.345 e. The Balaban J connectivity index is 1.56. The van der Waals surface area contributed by atoms with Crippen LogP contribution in [0.25, 0.3) is 0 Å². The molecule has 2 aliphatic heterocycles. The van der Waals surface area contributed by atoms with Gasteiger partial charge in [-0.1, -0.05) is 6.92 Å². The number of nitrogens with zero attached hydrogens (tertiary/aromatic N) is 3. The number of carboxylic acid groups (broad SMARTS) is 1. The van der Waals surface area contributed by atoms with E-state index in [1.165, 1.54) is 11.3 Å². The Hall–Kier alpha value is -1.99. The molecule has 144 valence electrons. The van der Waals surface area contributed by atoms with Gasteiger partial charge in [-0.2, -0.15) is 0 Å². The molecule has 0 atom stereocenters. The summed E-state index contributed by atoms with van der Waals surface area (Å²) in [5.74, 6) is 1.06. The molecular weight excluding hydrogens is 362 g/mol. The molecule has 6 nitrogen and oxygen atoms in total. The molecule has 4 heterocycles. The van der Waals surface area contributed by atoms with Crippen LogP contribution in [0.15, 0.2) is 12.1 Å². The van der Waals surface area contributed by atoms with Gasteiger partial charge in [-0.3, -0.25) is 0 Å². The monoisotopic (exact) mass is 387 g/mol. The topological polar surface area (TPSA) is 75.6 Å². The molecule has 0 amide bonds. The van der Waals surface area contributed by atoms with Crippen molar-refractivity contribution in [3.63, 3.8) is 0 Å². The average molecular weight is 388 g/mol. The number of hydrogen-bond donors (Lipinski definition) is 1. The van der Waals surface area contributed by atoms with Crippen LogP contribution in [-0.2, 0) is 23.2 Å². The fraction of sp³-hybridized carbons (Fsp3) is 0.550. The van der Waals surface area contributed by atoms with Crippen LogP contribution in [0.1, 0.15) is 57.8 Å². The summed E-state index contributed by atoms with van der Waals surface area (Å²) in [6.45, 7) is 6.52. The zero-order valence-corrected chi connectivity index (χ0v) is 16.6. The molecule has 0 aromatic carbocycles. The molecule has 0 radical (unpaired) electrons. The zero-order chi connectivity index (χ0) is 19.0. The first-order valence-corrected chi connectivity index (χ1v) is 10.4. The highest BCUT2D eigenvalue weighted by Gasteiger charge is 2.43. The lowest BCUT2D eigenvalue weighted by atomic mass is 9.85. The summed E-state index contributed by atoms with van der Waals surface area (Å²) in [5, 5.41) is 9.35. The minimum atomic E-state index is -0.845. The summed E-state index contributed by atoms with van der Waals surface area (Å²) in [6.07, 6.45) is 4.44. The van der Waals surface area contributed by atoms with E-state index in [4.69, 9.17) is 9.72 Å². The number of carbonyl (C=O) groups is 1. The number of aromatic nitrogens is 2. The lowest BCUT2D eigenvalue weighted by molar-refractivity contribution is -0.0735. The first kappa shape index (κ1) is 18.4. The van der Waals surface area contributed by atoms with Crippen molar-refractivity contribution in [3.05, 3.63) is 39.0 Å². The molecule has 0 aliphatic carbocycles. The number of anilines is 1. The van der Waals surface area contributed by atoms with Gasteiger partial charge in [0.15, 0.2) is 0 Å². The lowest BCUT2D eigenvalue weighted by Crippen LogP contribution is -2.46. The highest BCUT2D eigenvalue weighted by Crippen LogP contribution is 2.45. The van der Waals surface area contributed by atoms with Crippen LogP contribution in [0, 0.1) is 6.92 Å². The van der Waals surface area contributed by atoms with E-state index in [0.717, 1.165) is 73.0 Å². The first-order valence-electron chi connectivity index (χ1n) is 9.61. The Labute approximate surface area is 163 Å². The van der Waals surface area contributed by atoms with Gasteiger partial charge in [-0.15, -0.1) is 11.3 Å². The normalized spacial score (nSPS) is 18.5. The Morgan fingerprint density at radius 1 is 1.33 bits per heavy atom. The number of aryl methyl sites for hydroxylation is 2. The smallest absolute Gasteiger partial charge is 0.345 e. The largest absolute Gasteiger partial charge is 0.477 e. The molecule has 0 bridgehead atoms. The molecule has 1 fully saturated rings. The number of aromatic carboxylic acids is 1. The Morgan fingerprint density at radius 3 is 2.81 bits per heavy atom. The van der Waals surface area contributed by atoms with Crippen molar-refractivity contribution in [2.24, 2.45) is 0 Å². The molecule has 2 aromatic rings. The predicted octanol–water partition coefficient (Wildman–Crippen LogP) is 3.57. The van der Waals surface area contributed by atoms with Crippen molar-refractivity contribution in [1.82, 2.24) is 9.97 Å². The Kier molecular flexibility index (Phi) is 4.90. The molecule has 2 aromatic heterocycles. The van der Waals surface area contributed by atoms with E-state index in [1.807, 2.05) is 13.0 Å². The number of thiophene rings is 1. The molecule has 2 aliphatic rings. The van der Waals surface area contributed by atoms with Gasteiger partial charge in [0.1, 0.15) is 22.1 Å². The second-order valence-electron chi connectivity index (χ2n) is 7.38. The molecular formula is C20H25N3O3S. The third kappa shape index (κ3) is 3.46. The van der Waals surface area contributed by atoms with Crippen LogP contribution >= 0.6 is 11.3 Å². The van der Waals surface area contributed by atoms with Crippen LogP contribution < -0.4 is 4.90 Å². The second kappa shape index (κ2) is 7.20. The standard InChI is InChI=1S/C20H25N3O3S/c1-3-4-16-21-13(2)11-17(22-16)23-8-6-20(7-9-23)18-14(5-10-26-20)12-15(27-18)19(24)25/h11-12H,3-10H2,1-2H3,(H,24,25). The highest BCUT2D eigenvalue weighted by molar-refractivity contribution is 7.14. The third-order valence-corrected chi connectivity index (χ3v) is 6.79. The van der Waals surface area contributed by atoms with Gasteiger partial charge in [0.2, 0.25) is 0 Å². The fourth-order valence-electron chi connectivity index (χ4n) is 4.11. The minimum Gasteiger partial charge on any atom is -0.477 e. The van der Waals surface area contributed by atoms with Crippen LogP contribution in [0.5, 0.6) is 0 Å². The van der Waals surface area contributed by atoms with Crippen LogP contribution in [0.4, 0.5) is 5.82 Å². The minimum absolute atomic E-state index is 0.337. The average Bonchev–Trinajstić information content (AvgIpc) is 3.09. The maximum absolute atomic E-state index is 11.4. The van der Waals surface area contributed by atoms with Crippen molar-refractivity contribution in [2.45, 2.75) is 51.6 Å². The van der Waals surface area contributed by atoms with Gasteiger partial charge in [-0.05, 0) is 44.2 Å². The van der Waals surface area contributed by atoms with Crippen molar-refractivity contribution in [3.8, 4) is 0 Å². The number of fused-ring (bicyclic) bond motifs is 2. The third-order valence-electron chi connectivity index (χ3n) is 5.44. The molecule has 1 spiro atoms. The SMILES string of the molecule is CCCc1nc(C)cc(N2CCC3(CC2)OCCc2cc(C(=O)O)sc23)n1. The molecule has 7 heteroatoms. The number of hydrogen-bond acceptors (Lipinski definition) is 6. The van der Waals surface area contributed by atoms with Gasteiger partial charge in [0.25, 0.3) is 0 Å². The van der Waals surface area contributed by atoms with Crippen LogP contribution in [0.2, 0.25) is 0 Å². The van der Waals surface area contributed by atoms with Gasteiger partial charge in [-0.25, -0.2) is 14.8 Å². The van der Waals surface area contributed by atoms with Gasteiger partial charge in [0, 0.05) is 36.1 Å². The van der Waals surface area contributed by atoms with E-state index in [9.17, 15) is 9.90 Å². The molecule has 1 N–H and O–H groups in total. The van der Waals surface area contributed by atoms with Crippen molar-refractivity contribution >= 4 is 23.1 Å². The molecule has 0 saturated carbocycles. The number of ether oxygens (including phenoxy) is 1. The van der Waals surface area contributed by atoms with Crippen LogP contribution in [-0.4, -0.2) is 40.7 Å². The van der Waals surface area contributed by atoms with Gasteiger partial charge in [0.05, 0.1) is 6.61 Å². The maximum atomic E-state index is 11.4. The molecule has 0 unspecified atom stereocenters. The fourth-order valence-corrected chi connectivity index (χ4v) is 5.35. The van der Waals surface area contributed by atoms with Crippen molar-refractivity contribution in [2.75, 3.05) is 24.6 Å². The molecule has 4 rings (SSSR count). The quantitative estimate of drug-likeness (QED) is 0.864. The number of piperidine rings is 1. The summed E-state index contributed by atoms with van der Waals surface area (Å²) < 4.78 is 6.25.